The van der Waals surface area contributed by atoms with Crippen molar-refractivity contribution in [3.8, 4) is 0 Å². The summed E-state index contributed by atoms with van der Waals surface area (Å²) in [4.78, 5) is 8.86. The van der Waals surface area contributed by atoms with E-state index in [0.717, 1.165) is 5.56 Å². The summed E-state index contributed by atoms with van der Waals surface area (Å²) in [6, 6.07) is 10.5. The van der Waals surface area contributed by atoms with Gasteiger partial charge in [-0.15, -0.1) is 0 Å². The smallest absolute Gasteiger partial charge is 0.280 e. The molecule has 5 heteroatoms. The van der Waals surface area contributed by atoms with E-state index < -0.39 is 0 Å². The Hall–Kier alpha value is -2.04. The van der Waals surface area contributed by atoms with Crippen LogP contribution in [0.15, 0.2) is 58.6 Å². The highest BCUT2D eigenvalue weighted by Gasteiger charge is 2.08. The van der Waals surface area contributed by atoms with Crippen LogP contribution >= 0.6 is 11.6 Å². The van der Waals surface area contributed by atoms with E-state index in [0.29, 0.717) is 16.5 Å². The van der Waals surface area contributed by atoms with Gasteiger partial charge in [0.15, 0.2) is 5.76 Å². The molecule has 4 nitrogen and oxygen atoms in total. The second-order valence-electron chi connectivity index (χ2n) is 3.47. The first kappa shape index (κ1) is 12.4. The maximum absolute atomic E-state index is 5.81. The van der Waals surface area contributed by atoms with Crippen LogP contribution in [0.5, 0.6) is 0 Å². The lowest BCUT2D eigenvalue weighted by atomic mass is 10.2. The fraction of sp³-hybridized carbons (Fsp3) is 0. The lowest BCUT2D eigenvalue weighted by Crippen LogP contribution is -2.11. The molecule has 0 atom stereocenters. The van der Waals surface area contributed by atoms with Gasteiger partial charge in [-0.1, -0.05) is 30.3 Å². The van der Waals surface area contributed by atoms with Gasteiger partial charge in [0.1, 0.15) is 0 Å². The van der Waals surface area contributed by atoms with Gasteiger partial charge in [0.2, 0.25) is 0 Å². The molecule has 0 fully saturated rings. The van der Waals surface area contributed by atoms with Crippen molar-refractivity contribution in [2.45, 2.75) is 0 Å². The topological polar surface area (TPSA) is 60.8 Å². The molecular weight excluding hydrogens is 252 g/mol. The molecule has 1 heterocycles. The quantitative estimate of drug-likeness (QED) is 0.525. The molecule has 0 unspecified atom stereocenters. The van der Waals surface area contributed by atoms with Gasteiger partial charge in [-0.25, -0.2) is 4.99 Å². The Balaban J connectivity index is 2.26. The van der Waals surface area contributed by atoms with Gasteiger partial charge in [-0.2, -0.15) is 5.90 Å². The maximum atomic E-state index is 5.81. The number of hydrogen-bond acceptors (Lipinski definition) is 4. The monoisotopic (exact) mass is 262 g/mol. The van der Waals surface area contributed by atoms with Crippen LogP contribution in [0.2, 0.25) is 5.02 Å². The van der Waals surface area contributed by atoms with E-state index in [9.17, 15) is 0 Å². The number of benzene rings is 1. The molecule has 2 rings (SSSR count). The Bertz CT molecular complexity index is 559. The number of nitrogens with two attached hydrogens (primary N) is 1. The van der Waals surface area contributed by atoms with E-state index in [1.807, 2.05) is 12.1 Å². The van der Waals surface area contributed by atoms with Crippen LogP contribution in [0, 0.1) is 0 Å². The van der Waals surface area contributed by atoms with Gasteiger partial charge in [0.25, 0.3) is 5.90 Å². The summed E-state index contributed by atoms with van der Waals surface area (Å²) < 4.78 is 5.14. The molecule has 2 N–H and O–H groups in total. The third-order valence-corrected chi connectivity index (χ3v) is 2.51. The average molecular weight is 263 g/mol. The number of nitrogens with zero attached hydrogens (tertiary/aromatic N) is 1. The Morgan fingerprint density at radius 1 is 1.28 bits per heavy atom. The number of aliphatic imine (C=N–C) groups is 1. The van der Waals surface area contributed by atoms with Crippen molar-refractivity contribution in [2.24, 2.45) is 10.9 Å². The molecule has 0 aliphatic rings. The number of furan rings is 1. The first-order chi connectivity index (χ1) is 8.70. The normalized spacial score (nSPS) is 11.3. The first-order valence-corrected chi connectivity index (χ1v) is 5.52. The molecular formula is C13H11ClN2O2. The molecule has 1 aromatic carbocycles. The minimum Gasteiger partial charge on any atom is -0.459 e. The molecule has 0 amide bonds. The summed E-state index contributed by atoms with van der Waals surface area (Å²) in [7, 11) is 0. The second kappa shape index (κ2) is 5.53. The van der Waals surface area contributed by atoms with E-state index in [-0.39, 0.29) is 5.90 Å². The zero-order valence-corrected chi connectivity index (χ0v) is 10.2. The van der Waals surface area contributed by atoms with Crippen LogP contribution in [-0.4, -0.2) is 5.90 Å². The Morgan fingerprint density at radius 2 is 2.00 bits per heavy atom. The number of rotatable bonds is 3. The highest BCUT2D eigenvalue weighted by molar-refractivity contribution is 6.30. The zero-order chi connectivity index (χ0) is 13.0. The van der Waals surface area contributed by atoms with E-state index in [1.54, 1.807) is 24.3 Å². The molecule has 2 aromatic rings. The van der Waals surface area contributed by atoms with Gasteiger partial charge in [-0.3, -0.25) is 0 Å². The van der Waals surface area contributed by atoms with Crippen molar-refractivity contribution >= 4 is 23.2 Å². The minimum atomic E-state index is 0.167. The lowest BCUT2D eigenvalue weighted by Gasteiger charge is -2.03. The molecule has 92 valence electrons. The van der Waals surface area contributed by atoms with Gasteiger partial charge < -0.3 is 9.25 Å². The summed E-state index contributed by atoms with van der Waals surface area (Å²) in [6.07, 6.45) is 1.51. The molecule has 0 bridgehead atoms. The Kier molecular flexibility index (Phi) is 3.82. The van der Waals surface area contributed by atoms with Crippen LogP contribution in [0.25, 0.3) is 5.70 Å². The Morgan fingerprint density at radius 3 is 2.56 bits per heavy atom. The third kappa shape index (κ3) is 2.80. The van der Waals surface area contributed by atoms with Gasteiger partial charge in [0, 0.05) is 5.02 Å². The van der Waals surface area contributed by atoms with Crippen LogP contribution < -0.4 is 5.90 Å². The van der Waals surface area contributed by atoms with Crippen LogP contribution in [0.3, 0.4) is 0 Å². The predicted octanol–water partition coefficient (Wildman–Crippen LogP) is 3.24. The van der Waals surface area contributed by atoms with Crippen LogP contribution in [0.4, 0.5) is 0 Å². The summed E-state index contributed by atoms with van der Waals surface area (Å²) in [5.74, 6) is 5.77. The molecule has 0 aliphatic carbocycles. The molecule has 0 spiro atoms. The highest BCUT2D eigenvalue weighted by atomic mass is 35.5. The molecule has 0 saturated heterocycles. The van der Waals surface area contributed by atoms with Crippen LogP contribution in [0.1, 0.15) is 11.3 Å². The van der Waals surface area contributed by atoms with E-state index >= 15 is 0 Å². The van der Waals surface area contributed by atoms with Gasteiger partial charge in [0.05, 0.1) is 12.0 Å². The van der Waals surface area contributed by atoms with E-state index in [1.165, 1.54) is 6.26 Å². The molecule has 0 radical (unpaired) electrons. The number of hydrogen-bond donors (Lipinski definition) is 1. The van der Waals surface area contributed by atoms with E-state index in [4.69, 9.17) is 21.9 Å². The predicted molar refractivity (Wildman–Crippen MR) is 71.0 cm³/mol. The fourth-order valence-corrected chi connectivity index (χ4v) is 1.50. The number of halogens is 1. The molecule has 1 aromatic heterocycles. The zero-order valence-electron chi connectivity index (χ0n) is 9.47. The standard InChI is InChI=1S/C13H11ClN2O2/c1-9(10-4-6-11(14)7-5-10)16-13(18-15)12-3-2-8-17-12/h2-8H,1,15H2. The summed E-state index contributed by atoms with van der Waals surface area (Å²) in [6.45, 7) is 3.84. The van der Waals surface area contributed by atoms with Crippen molar-refractivity contribution in [1.29, 1.82) is 0 Å². The molecule has 0 aliphatic heterocycles. The lowest BCUT2D eigenvalue weighted by molar-refractivity contribution is 0.313. The average Bonchev–Trinajstić information content (AvgIpc) is 2.90. The summed E-state index contributed by atoms with van der Waals surface area (Å²) >= 11 is 5.81. The van der Waals surface area contributed by atoms with Crippen molar-refractivity contribution in [3.63, 3.8) is 0 Å². The molecule has 18 heavy (non-hydrogen) atoms. The van der Waals surface area contributed by atoms with Crippen molar-refractivity contribution < 1.29 is 9.25 Å². The Labute approximate surface area is 109 Å². The van der Waals surface area contributed by atoms with Crippen molar-refractivity contribution in [3.05, 3.63) is 65.6 Å². The summed E-state index contributed by atoms with van der Waals surface area (Å²) in [5.41, 5.74) is 1.32. The maximum Gasteiger partial charge on any atom is 0.280 e. The molecule has 0 saturated carbocycles. The largest absolute Gasteiger partial charge is 0.459 e. The highest BCUT2D eigenvalue weighted by Crippen LogP contribution is 2.18. The van der Waals surface area contributed by atoms with Gasteiger partial charge in [-0.05, 0) is 29.8 Å². The first-order valence-electron chi connectivity index (χ1n) is 5.15. The van der Waals surface area contributed by atoms with Crippen LogP contribution in [-0.2, 0) is 4.84 Å². The van der Waals surface area contributed by atoms with E-state index in [2.05, 4.69) is 16.4 Å². The van der Waals surface area contributed by atoms with Gasteiger partial charge >= 0.3 is 0 Å². The minimum absolute atomic E-state index is 0.167. The second-order valence-corrected chi connectivity index (χ2v) is 3.90. The fourth-order valence-electron chi connectivity index (χ4n) is 1.37. The third-order valence-electron chi connectivity index (χ3n) is 2.26. The SMILES string of the molecule is C=C(N=C(ON)c1ccco1)c1ccc(Cl)cc1. The van der Waals surface area contributed by atoms with Crippen molar-refractivity contribution in [1.82, 2.24) is 0 Å². The van der Waals surface area contributed by atoms with Crippen molar-refractivity contribution in [2.75, 3.05) is 0 Å². The summed E-state index contributed by atoms with van der Waals surface area (Å²) in [5, 5.41) is 0.650.